The highest BCUT2D eigenvalue weighted by atomic mass is 35.5. The summed E-state index contributed by atoms with van der Waals surface area (Å²) in [4.78, 5) is 0. The van der Waals surface area contributed by atoms with Crippen LogP contribution in [0.2, 0.25) is 5.02 Å². The minimum absolute atomic E-state index is 0.152. The topological polar surface area (TPSA) is 61.4 Å². The largest absolute Gasteiger partial charge is 0.288 e. The molecule has 6 nitrogen and oxygen atoms in total. The minimum Gasteiger partial charge on any atom is -0.288 e. The second kappa shape index (κ2) is 8.13. The number of halogens is 2. The lowest BCUT2D eigenvalue weighted by Gasteiger charge is -2.29. The average molecular weight is 453 g/mol. The molecule has 0 aliphatic heterocycles. The van der Waals surface area contributed by atoms with Gasteiger partial charge in [0.25, 0.3) is 0 Å². The normalized spacial score (nSPS) is 12.3. The van der Waals surface area contributed by atoms with E-state index < -0.39 is 5.41 Å². The van der Waals surface area contributed by atoms with E-state index in [2.05, 4.69) is 67.1 Å². The number of nitrogens with zero attached hydrogens (tertiary/aromatic N) is 6. The first-order valence-electron chi connectivity index (χ1n) is 10.4. The third-order valence-corrected chi connectivity index (χ3v) is 6.12. The Kier molecular flexibility index (Phi) is 5.63. The average Bonchev–Trinajstić information content (AvgIpc) is 3.42. The molecule has 0 atom stereocenters. The Morgan fingerprint density at radius 1 is 0.781 bits per heavy atom. The maximum atomic E-state index is 14.5. The summed E-state index contributed by atoms with van der Waals surface area (Å²) in [5, 5.41) is 16.3. The summed E-state index contributed by atoms with van der Waals surface area (Å²) in [5.41, 5.74) is 3.97. The second-order valence-corrected chi connectivity index (χ2v) is 10.1. The van der Waals surface area contributed by atoms with Gasteiger partial charge in [0.05, 0.1) is 5.69 Å². The summed E-state index contributed by atoms with van der Waals surface area (Å²) >= 11 is 6.93. The molecule has 4 aromatic rings. The van der Waals surface area contributed by atoms with Crippen LogP contribution in [0.4, 0.5) is 4.39 Å². The van der Waals surface area contributed by atoms with Gasteiger partial charge in [-0.1, -0.05) is 46.2 Å². The Hall–Kier alpha value is -3.06. The number of hydrogen-bond acceptors (Lipinski definition) is 4. The van der Waals surface area contributed by atoms with Crippen molar-refractivity contribution in [3.8, 4) is 11.4 Å². The molecule has 2 aromatic carbocycles. The first kappa shape index (κ1) is 22.1. The van der Waals surface area contributed by atoms with Gasteiger partial charge in [-0.05, 0) is 64.3 Å². The van der Waals surface area contributed by atoms with Gasteiger partial charge in [-0.15, -0.1) is 20.4 Å². The van der Waals surface area contributed by atoms with Crippen LogP contribution in [-0.2, 0) is 17.3 Å². The molecule has 0 bridgehead atoms. The lowest BCUT2D eigenvalue weighted by Crippen LogP contribution is -2.23. The third kappa shape index (κ3) is 4.43. The van der Waals surface area contributed by atoms with E-state index in [4.69, 9.17) is 11.6 Å². The van der Waals surface area contributed by atoms with Crippen LogP contribution in [0.15, 0.2) is 55.6 Å². The zero-order chi connectivity index (χ0) is 23.1. The molecule has 0 amide bonds. The molecule has 0 N–H and O–H groups in total. The molecule has 0 radical (unpaired) electrons. The van der Waals surface area contributed by atoms with Gasteiger partial charge in [-0.3, -0.25) is 9.13 Å². The molecule has 0 saturated heterocycles. The Morgan fingerprint density at radius 2 is 1.31 bits per heavy atom. The van der Waals surface area contributed by atoms with Gasteiger partial charge in [0, 0.05) is 10.7 Å². The predicted molar refractivity (Wildman–Crippen MR) is 123 cm³/mol. The van der Waals surface area contributed by atoms with Crippen LogP contribution in [0.3, 0.4) is 0 Å². The molecule has 0 spiro atoms. The van der Waals surface area contributed by atoms with Gasteiger partial charge in [-0.25, -0.2) is 4.39 Å². The van der Waals surface area contributed by atoms with E-state index in [1.54, 1.807) is 35.9 Å². The van der Waals surface area contributed by atoms with E-state index in [-0.39, 0.29) is 11.2 Å². The summed E-state index contributed by atoms with van der Waals surface area (Å²) in [6, 6.07) is 9.15. The van der Waals surface area contributed by atoms with Crippen LogP contribution in [-0.4, -0.2) is 29.5 Å². The highest BCUT2D eigenvalue weighted by Crippen LogP contribution is 2.38. The van der Waals surface area contributed by atoms with Crippen molar-refractivity contribution in [3.05, 3.63) is 83.2 Å². The zero-order valence-electron chi connectivity index (χ0n) is 18.8. The quantitative estimate of drug-likeness (QED) is 0.403. The maximum Gasteiger partial charge on any atom is 0.125 e. The molecule has 8 heteroatoms. The highest BCUT2D eigenvalue weighted by molar-refractivity contribution is 6.32. The first-order chi connectivity index (χ1) is 15.0. The monoisotopic (exact) mass is 452 g/mol. The van der Waals surface area contributed by atoms with Crippen molar-refractivity contribution in [1.82, 2.24) is 29.5 Å². The number of rotatable bonds is 5. The molecular formula is C24H26ClFN6. The smallest absolute Gasteiger partial charge is 0.125 e. The lowest BCUT2D eigenvalue weighted by atomic mass is 9.77. The fraction of sp³-hybridized carbons (Fsp3) is 0.333. The van der Waals surface area contributed by atoms with Gasteiger partial charge < -0.3 is 0 Å². The predicted octanol–water partition coefficient (Wildman–Crippen LogP) is 5.46. The fourth-order valence-electron chi connectivity index (χ4n) is 3.85. The summed E-state index contributed by atoms with van der Waals surface area (Å²) in [5.74, 6) is -0.306. The zero-order valence-corrected chi connectivity index (χ0v) is 19.6. The molecule has 0 aliphatic carbocycles. The van der Waals surface area contributed by atoms with Crippen molar-refractivity contribution < 1.29 is 4.39 Å². The summed E-state index contributed by atoms with van der Waals surface area (Å²) in [6.07, 6.45) is 7.07. The molecule has 166 valence electrons. The molecule has 2 aromatic heterocycles. The molecule has 4 rings (SSSR count). The van der Waals surface area contributed by atoms with Gasteiger partial charge in [0.1, 0.15) is 31.1 Å². The van der Waals surface area contributed by atoms with Gasteiger partial charge in [0.2, 0.25) is 0 Å². The van der Waals surface area contributed by atoms with Crippen LogP contribution in [0.5, 0.6) is 0 Å². The molecule has 0 aliphatic rings. The van der Waals surface area contributed by atoms with Crippen LogP contribution in [0.1, 0.15) is 51.3 Å². The Bertz CT molecular complexity index is 1220. The van der Waals surface area contributed by atoms with Gasteiger partial charge >= 0.3 is 0 Å². The van der Waals surface area contributed by atoms with Crippen LogP contribution in [0, 0.1) is 5.82 Å². The Labute approximate surface area is 192 Å². The van der Waals surface area contributed by atoms with Crippen molar-refractivity contribution in [1.29, 1.82) is 0 Å². The van der Waals surface area contributed by atoms with Crippen molar-refractivity contribution in [2.45, 2.75) is 51.9 Å². The van der Waals surface area contributed by atoms with E-state index in [1.165, 1.54) is 6.07 Å². The maximum absolute atomic E-state index is 14.5. The molecule has 0 saturated carbocycles. The van der Waals surface area contributed by atoms with Crippen LogP contribution < -0.4 is 0 Å². The number of benzene rings is 2. The number of aromatic nitrogens is 6. The molecule has 32 heavy (non-hydrogen) atoms. The number of hydrogen-bond donors (Lipinski definition) is 0. The van der Waals surface area contributed by atoms with E-state index >= 15 is 0 Å². The van der Waals surface area contributed by atoms with Crippen molar-refractivity contribution >= 4 is 11.6 Å². The molecule has 0 fully saturated rings. The molecular weight excluding hydrogens is 427 g/mol. The van der Waals surface area contributed by atoms with Crippen molar-refractivity contribution in [2.24, 2.45) is 0 Å². The van der Waals surface area contributed by atoms with Crippen molar-refractivity contribution in [3.63, 3.8) is 0 Å². The standard InChI is InChI=1S/C24H26ClFN6/c1-23(2,3)21-10-19(31-12-27-28-13-31)6-16(22(21)25)11-24(4,5)17-7-18(26)9-20(8-17)32-14-29-30-15-32/h6-10,12-15H,11H2,1-5H3. The molecule has 2 heterocycles. The first-order valence-corrected chi connectivity index (χ1v) is 10.8. The SMILES string of the molecule is CC(C)(C)c1cc(-n2cnnc2)cc(CC(C)(C)c2cc(F)cc(-n3cnnc3)c2)c1Cl. The van der Waals surface area contributed by atoms with Gasteiger partial charge in [-0.2, -0.15) is 0 Å². The van der Waals surface area contributed by atoms with E-state index in [1.807, 2.05) is 10.6 Å². The lowest BCUT2D eigenvalue weighted by molar-refractivity contribution is 0.513. The van der Waals surface area contributed by atoms with E-state index in [0.717, 1.165) is 27.4 Å². The van der Waals surface area contributed by atoms with E-state index in [0.29, 0.717) is 12.1 Å². The minimum atomic E-state index is -0.393. The fourth-order valence-corrected chi connectivity index (χ4v) is 4.31. The third-order valence-electron chi connectivity index (χ3n) is 5.67. The summed E-state index contributed by atoms with van der Waals surface area (Å²) in [7, 11) is 0. The Morgan fingerprint density at radius 3 is 1.84 bits per heavy atom. The van der Waals surface area contributed by atoms with Gasteiger partial charge in [0.15, 0.2) is 0 Å². The summed E-state index contributed by atoms with van der Waals surface area (Å²) in [6.45, 7) is 10.6. The van der Waals surface area contributed by atoms with Crippen LogP contribution in [0.25, 0.3) is 11.4 Å². The van der Waals surface area contributed by atoms with Crippen LogP contribution >= 0.6 is 11.6 Å². The summed E-state index contributed by atoms with van der Waals surface area (Å²) < 4.78 is 18.1. The Balaban J connectivity index is 1.79. The van der Waals surface area contributed by atoms with Crippen molar-refractivity contribution in [2.75, 3.05) is 0 Å². The molecule has 0 unspecified atom stereocenters. The van der Waals surface area contributed by atoms with E-state index in [9.17, 15) is 4.39 Å². The highest BCUT2D eigenvalue weighted by Gasteiger charge is 2.27. The second-order valence-electron chi connectivity index (χ2n) is 9.71.